The highest BCUT2D eigenvalue weighted by Gasteiger charge is 2.37. The summed E-state index contributed by atoms with van der Waals surface area (Å²) < 4.78 is 0. The molecule has 4 N–H and O–H groups in total. The highest BCUT2D eigenvalue weighted by atomic mass is 16.4. The van der Waals surface area contributed by atoms with Gasteiger partial charge in [-0.05, 0) is 41.5 Å². The smallest absolute Gasteiger partial charge is 0.305 e. The van der Waals surface area contributed by atoms with E-state index < -0.39 is 17.9 Å². The molecule has 0 saturated heterocycles. The third kappa shape index (κ3) is 6.06. The van der Waals surface area contributed by atoms with E-state index in [1.807, 2.05) is 60.7 Å². The summed E-state index contributed by atoms with van der Waals surface area (Å²) in [5.74, 6) is 4.23. The fourth-order valence-electron chi connectivity index (χ4n) is 4.98. The number of aliphatic carboxylic acids is 1. The molecule has 1 aliphatic rings. The minimum absolute atomic E-state index is 0.0631. The van der Waals surface area contributed by atoms with Gasteiger partial charge in [-0.3, -0.25) is 24.7 Å². The molecule has 0 radical (unpaired) electrons. The summed E-state index contributed by atoms with van der Waals surface area (Å²) in [7, 11) is 0. The fraction of sp³-hybridized carbons (Fsp3) is 0.118. The number of anilines is 1. The van der Waals surface area contributed by atoms with Crippen LogP contribution in [0.1, 0.15) is 50.6 Å². The number of nitrogens with zero attached hydrogens (tertiary/aromatic N) is 2. The van der Waals surface area contributed by atoms with Gasteiger partial charge in [-0.2, -0.15) is 0 Å². The van der Waals surface area contributed by atoms with Gasteiger partial charge in [0.2, 0.25) is 5.91 Å². The molecule has 1 heterocycles. The van der Waals surface area contributed by atoms with E-state index in [9.17, 15) is 19.5 Å². The second-order valence-electron chi connectivity index (χ2n) is 9.83. The lowest BCUT2D eigenvalue weighted by atomic mass is 9.95. The molecule has 0 saturated carbocycles. The Balaban J connectivity index is 1.64. The van der Waals surface area contributed by atoms with Crippen LogP contribution in [0, 0.1) is 17.3 Å². The molecule has 2 amide bonds. The van der Waals surface area contributed by atoms with Crippen molar-refractivity contribution in [3.8, 4) is 11.8 Å². The summed E-state index contributed by atoms with van der Waals surface area (Å²) in [6.07, 6.45) is -0.291. The topological polar surface area (TPSA) is 128 Å². The second kappa shape index (κ2) is 12.2. The first kappa shape index (κ1) is 27.9. The van der Waals surface area contributed by atoms with E-state index in [4.69, 9.17) is 11.1 Å². The minimum atomic E-state index is -1.06. The molecule has 42 heavy (non-hydrogen) atoms. The number of benzene rings is 4. The highest BCUT2D eigenvalue weighted by molar-refractivity contribution is 6.10. The average Bonchev–Trinajstić information content (AvgIpc) is 3.10. The predicted octanol–water partition coefficient (Wildman–Crippen LogP) is 4.42. The lowest BCUT2D eigenvalue weighted by Gasteiger charge is -2.32. The van der Waals surface area contributed by atoms with E-state index in [0.29, 0.717) is 22.4 Å². The molecule has 0 atom stereocenters. The van der Waals surface area contributed by atoms with Gasteiger partial charge < -0.3 is 15.7 Å². The van der Waals surface area contributed by atoms with Crippen molar-refractivity contribution in [2.45, 2.75) is 12.5 Å². The monoisotopic (exact) mass is 556 g/mol. The van der Waals surface area contributed by atoms with Gasteiger partial charge in [0, 0.05) is 23.2 Å². The first-order valence-corrected chi connectivity index (χ1v) is 13.4. The van der Waals surface area contributed by atoms with Crippen molar-refractivity contribution >= 4 is 29.3 Å². The van der Waals surface area contributed by atoms with Crippen LogP contribution in [-0.4, -0.2) is 46.7 Å². The zero-order chi connectivity index (χ0) is 29.6. The van der Waals surface area contributed by atoms with Gasteiger partial charge in [-0.1, -0.05) is 84.6 Å². The Hall–Kier alpha value is -5.68. The standard InChI is InChI=1S/C34H28N4O4/c35-33(36)27-13-7-8-23(20-27)14-15-24-16-17-29-28(21-24)34(42)37(19-18-31(40)41)22-30(39)38(29)32(25-9-3-1-4-10-25)26-11-5-2-6-12-26/h1-13,16-17,20-21,32H,18-19,22H2,(H3,35,36)(H,40,41). The summed E-state index contributed by atoms with van der Waals surface area (Å²) in [5.41, 5.74) is 9.76. The van der Waals surface area contributed by atoms with Crippen LogP contribution >= 0.6 is 0 Å². The van der Waals surface area contributed by atoms with E-state index in [0.717, 1.165) is 11.1 Å². The lowest BCUT2D eigenvalue weighted by molar-refractivity contribution is -0.137. The van der Waals surface area contributed by atoms with E-state index in [1.165, 1.54) is 4.90 Å². The Morgan fingerprint density at radius 3 is 2.07 bits per heavy atom. The van der Waals surface area contributed by atoms with Crippen molar-refractivity contribution in [1.29, 1.82) is 5.41 Å². The first-order chi connectivity index (χ1) is 20.3. The van der Waals surface area contributed by atoms with Crippen LogP contribution in [0.3, 0.4) is 0 Å². The molecule has 0 spiro atoms. The lowest BCUT2D eigenvalue weighted by Crippen LogP contribution is -2.42. The molecule has 8 heteroatoms. The third-order valence-electron chi connectivity index (χ3n) is 6.98. The van der Waals surface area contributed by atoms with E-state index in [-0.39, 0.29) is 36.8 Å². The van der Waals surface area contributed by atoms with E-state index in [2.05, 4.69) is 11.8 Å². The summed E-state index contributed by atoms with van der Waals surface area (Å²) in [6.45, 7) is -0.377. The number of hydrogen-bond acceptors (Lipinski definition) is 4. The van der Waals surface area contributed by atoms with Crippen molar-refractivity contribution in [3.05, 3.63) is 137 Å². The maximum atomic E-state index is 14.0. The van der Waals surface area contributed by atoms with Crippen molar-refractivity contribution in [2.75, 3.05) is 18.0 Å². The zero-order valence-electron chi connectivity index (χ0n) is 22.7. The van der Waals surface area contributed by atoms with E-state index >= 15 is 0 Å². The van der Waals surface area contributed by atoms with Gasteiger partial charge in [0.1, 0.15) is 12.4 Å². The van der Waals surface area contributed by atoms with Crippen LogP contribution < -0.4 is 10.6 Å². The zero-order valence-corrected chi connectivity index (χ0v) is 22.7. The van der Waals surface area contributed by atoms with Crippen LogP contribution in [0.4, 0.5) is 5.69 Å². The van der Waals surface area contributed by atoms with Crippen molar-refractivity contribution < 1.29 is 19.5 Å². The number of carboxylic acid groups (broad SMARTS) is 1. The molecular weight excluding hydrogens is 528 g/mol. The molecule has 8 nitrogen and oxygen atoms in total. The number of fused-ring (bicyclic) bond motifs is 1. The summed E-state index contributed by atoms with van der Waals surface area (Å²) in [4.78, 5) is 42.1. The minimum Gasteiger partial charge on any atom is -0.481 e. The van der Waals surface area contributed by atoms with Crippen LogP contribution in [0.15, 0.2) is 103 Å². The molecule has 0 bridgehead atoms. The molecule has 0 unspecified atom stereocenters. The molecule has 5 rings (SSSR count). The van der Waals surface area contributed by atoms with Gasteiger partial charge in [-0.15, -0.1) is 0 Å². The molecular formula is C34H28N4O4. The van der Waals surface area contributed by atoms with Gasteiger partial charge in [0.15, 0.2) is 0 Å². The number of nitrogens with one attached hydrogen (secondary N) is 1. The Kier molecular flexibility index (Phi) is 8.12. The molecule has 0 fully saturated rings. The number of rotatable bonds is 7. The second-order valence-corrected chi connectivity index (χ2v) is 9.83. The number of amidine groups is 1. The van der Waals surface area contributed by atoms with Gasteiger partial charge >= 0.3 is 5.97 Å². The fourth-order valence-corrected chi connectivity index (χ4v) is 4.98. The Bertz CT molecular complexity index is 1690. The third-order valence-corrected chi connectivity index (χ3v) is 6.98. The SMILES string of the molecule is N=C(N)c1cccc(C#Cc2ccc3c(c2)C(=O)N(CCC(=O)O)CC(=O)N3C(c2ccccc2)c2ccccc2)c1. The van der Waals surface area contributed by atoms with Crippen molar-refractivity contribution in [2.24, 2.45) is 5.73 Å². The number of carbonyl (C=O) groups is 3. The number of hydrogen-bond donors (Lipinski definition) is 3. The van der Waals surface area contributed by atoms with Crippen molar-refractivity contribution in [3.63, 3.8) is 0 Å². The number of carboxylic acids is 1. The van der Waals surface area contributed by atoms with Crippen LogP contribution in [0.5, 0.6) is 0 Å². The molecule has 1 aliphatic heterocycles. The Morgan fingerprint density at radius 1 is 0.857 bits per heavy atom. The van der Waals surface area contributed by atoms with Crippen LogP contribution in [0.2, 0.25) is 0 Å². The normalized spacial score (nSPS) is 12.8. The van der Waals surface area contributed by atoms with Crippen molar-refractivity contribution in [1.82, 2.24) is 4.90 Å². The highest BCUT2D eigenvalue weighted by Crippen LogP contribution is 2.37. The Morgan fingerprint density at radius 2 is 1.48 bits per heavy atom. The molecule has 4 aromatic rings. The molecule has 0 aliphatic carbocycles. The van der Waals surface area contributed by atoms with Gasteiger partial charge in [0.05, 0.1) is 23.7 Å². The number of nitrogen functional groups attached to an aromatic ring is 1. The summed E-state index contributed by atoms with van der Waals surface area (Å²) in [5, 5.41) is 17.0. The van der Waals surface area contributed by atoms with Crippen LogP contribution in [-0.2, 0) is 9.59 Å². The number of amides is 2. The molecule has 4 aromatic carbocycles. The van der Waals surface area contributed by atoms with Crippen LogP contribution in [0.25, 0.3) is 0 Å². The molecule has 0 aromatic heterocycles. The van der Waals surface area contributed by atoms with Gasteiger partial charge in [-0.25, -0.2) is 0 Å². The quantitative estimate of drug-likeness (QED) is 0.176. The summed E-state index contributed by atoms with van der Waals surface area (Å²) >= 11 is 0. The summed E-state index contributed by atoms with van der Waals surface area (Å²) in [6, 6.07) is 30.8. The molecule has 208 valence electrons. The average molecular weight is 557 g/mol. The number of nitrogens with two attached hydrogens (primary N) is 1. The largest absolute Gasteiger partial charge is 0.481 e. The van der Waals surface area contributed by atoms with E-state index in [1.54, 1.807) is 47.4 Å². The first-order valence-electron chi connectivity index (χ1n) is 13.4. The van der Waals surface area contributed by atoms with Gasteiger partial charge in [0.25, 0.3) is 5.91 Å². The maximum absolute atomic E-state index is 14.0. The number of carbonyl (C=O) groups excluding carboxylic acids is 2. The predicted molar refractivity (Wildman–Crippen MR) is 160 cm³/mol. The Labute approximate surface area is 243 Å². The maximum Gasteiger partial charge on any atom is 0.305 e.